The molecule has 5 heteroatoms. The molecule has 5 nitrogen and oxygen atoms in total. The molecule has 0 aromatic carbocycles. The van der Waals surface area contributed by atoms with Crippen molar-refractivity contribution >= 4 is 16.9 Å². The molecule has 0 aliphatic heterocycles. The van der Waals surface area contributed by atoms with Crippen molar-refractivity contribution in [3.63, 3.8) is 0 Å². The average molecular weight is 202 g/mol. The van der Waals surface area contributed by atoms with Gasteiger partial charge in [-0.1, -0.05) is 0 Å². The summed E-state index contributed by atoms with van der Waals surface area (Å²) in [7, 11) is 1.58. The molecule has 0 radical (unpaired) electrons. The number of hydrogen-bond acceptors (Lipinski definition) is 4. The molecule has 1 amide bonds. The number of fused-ring (bicyclic) bond motifs is 1. The zero-order valence-electron chi connectivity index (χ0n) is 8.48. The molecule has 15 heavy (non-hydrogen) atoms. The minimum atomic E-state index is -0.162. The van der Waals surface area contributed by atoms with Crippen LogP contribution >= 0.6 is 0 Å². The molecule has 2 heterocycles. The van der Waals surface area contributed by atoms with Crippen LogP contribution in [-0.4, -0.2) is 27.9 Å². The van der Waals surface area contributed by atoms with Crippen LogP contribution in [0.15, 0.2) is 18.5 Å². The minimum Gasteiger partial charge on any atom is -0.355 e. The number of hydrogen-bond donors (Lipinski definition) is 1. The van der Waals surface area contributed by atoms with Crippen LogP contribution in [0.3, 0.4) is 0 Å². The van der Waals surface area contributed by atoms with Gasteiger partial charge in [0.25, 0.3) is 5.91 Å². The molecule has 0 aliphatic rings. The van der Waals surface area contributed by atoms with Crippen LogP contribution in [-0.2, 0) is 0 Å². The van der Waals surface area contributed by atoms with Crippen LogP contribution in [0, 0.1) is 6.92 Å². The lowest BCUT2D eigenvalue weighted by Gasteiger charge is -2.01. The highest BCUT2D eigenvalue weighted by molar-refractivity contribution is 5.96. The molecule has 0 saturated heterocycles. The summed E-state index contributed by atoms with van der Waals surface area (Å²) in [5.41, 5.74) is 1.12. The molecule has 0 spiro atoms. The van der Waals surface area contributed by atoms with Crippen molar-refractivity contribution in [3.05, 3.63) is 29.8 Å². The summed E-state index contributed by atoms with van der Waals surface area (Å²) in [6.07, 6.45) is 3.17. The number of nitrogens with one attached hydrogen (secondary N) is 1. The molecular weight excluding hydrogens is 192 g/mol. The fourth-order valence-corrected chi connectivity index (χ4v) is 1.28. The van der Waals surface area contributed by atoms with Gasteiger partial charge in [-0.05, 0) is 13.0 Å². The minimum absolute atomic E-state index is 0.162. The number of carbonyl (C=O) groups excluding carboxylic acids is 1. The number of amides is 1. The Hall–Kier alpha value is -2.04. The number of nitrogens with zero attached hydrogens (tertiary/aromatic N) is 3. The lowest BCUT2D eigenvalue weighted by atomic mass is 10.2. The second-order valence-electron chi connectivity index (χ2n) is 3.13. The molecule has 0 atom stereocenters. The number of rotatable bonds is 1. The van der Waals surface area contributed by atoms with E-state index < -0.39 is 0 Å². The Kier molecular flexibility index (Phi) is 2.29. The summed E-state index contributed by atoms with van der Waals surface area (Å²) in [5, 5.41) is 3.30. The van der Waals surface area contributed by atoms with Crippen LogP contribution < -0.4 is 5.32 Å². The molecule has 2 aromatic heterocycles. The van der Waals surface area contributed by atoms with Gasteiger partial charge in [-0.2, -0.15) is 0 Å². The fraction of sp³-hybridized carbons (Fsp3) is 0.200. The van der Waals surface area contributed by atoms with E-state index in [9.17, 15) is 4.79 Å². The fourth-order valence-electron chi connectivity index (χ4n) is 1.28. The molecule has 2 rings (SSSR count). The van der Waals surface area contributed by atoms with E-state index in [-0.39, 0.29) is 5.91 Å². The summed E-state index contributed by atoms with van der Waals surface area (Å²) in [6, 6.07) is 1.72. The SMILES string of the molecule is CNC(=O)c1cnc2nc(C)ncc2c1. The Morgan fingerprint density at radius 1 is 1.33 bits per heavy atom. The van der Waals surface area contributed by atoms with Gasteiger partial charge in [0.05, 0.1) is 5.56 Å². The maximum Gasteiger partial charge on any atom is 0.252 e. The zero-order chi connectivity index (χ0) is 10.8. The summed E-state index contributed by atoms with van der Waals surface area (Å²) in [4.78, 5) is 23.6. The normalized spacial score (nSPS) is 10.3. The van der Waals surface area contributed by atoms with Crippen LogP contribution in [0.4, 0.5) is 0 Å². The quantitative estimate of drug-likeness (QED) is 0.738. The van der Waals surface area contributed by atoms with Gasteiger partial charge in [0, 0.05) is 24.8 Å². The van der Waals surface area contributed by atoms with Crippen LogP contribution in [0.1, 0.15) is 16.2 Å². The first-order chi connectivity index (χ1) is 7.20. The average Bonchev–Trinajstić information content (AvgIpc) is 2.27. The van der Waals surface area contributed by atoms with Crippen molar-refractivity contribution < 1.29 is 4.79 Å². The van der Waals surface area contributed by atoms with Crippen LogP contribution in [0.25, 0.3) is 11.0 Å². The third-order valence-electron chi connectivity index (χ3n) is 2.04. The van der Waals surface area contributed by atoms with E-state index in [0.29, 0.717) is 17.0 Å². The molecule has 1 N–H and O–H groups in total. The lowest BCUT2D eigenvalue weighted by Crippen LogP contribution is -2.17. The Bertz CT molecular complexity index is 524. The van der Waals surface area contributed by atoms with Crippen molar-refractivity contribution in [1.82, 2.24) is 20.3 Å². The Morgan fingerprint density at radius 3 is 2.87 bits per heavy atom. The van der Waals surface area contributed by atoms with Gasteiger partial charge in [0.15, 0.2) is 5.65 Å². The van der Waals surface area contributed by atoms with Crippen LogP contribution in [0.5, 0.6) is 0 Å². The third-order valence-corrected chi connectivity index (χ3v) is 2.04. The van der Waals surface area contributed by atoms with Crippen molar-refractivity contribution in [1.29, 1.82) is 0 Å². The Labute approximate surface area is 86.6 Å². The van der Waals surface area contributed by atoms with Gasteiger partial charge in [0.1, 0.15) is 5.82 Å². The molecule has 0 unspecified atom stereocenters. The summed E-state index contributed by atoms with van der Waals surface area (Å²) in [5.74, 6) is 0.507. The number of aryl methyl sites for hydroxylation is 1. The number of carbonyl (C=O) groups is 1. The Balaban J connectivity index is 2.57. The van der Waals surface area contributed by atoms with Gasteiger partial charge < -0.3 is 5.32 Å². The molecule has 0 saturated carbocycles. The van der Waals surface area contributed by atoms with Crippen LogP contribution in [0.2, 0.25) is 0 Å². The molecule has 0 bridgehead atoms. The van der Waals surface area contributed by atoms with Crippen molar-refractivity contribution in [2.75, 3.05) is 7.05 Å². The van der Waals surface area contributed by atoms with Crippen molar-refractivity contribution in [2.24, 2.45) is 0 Å². The number of aromatic nitrogens is 3. The first-order valence-corrected chi connectivity index (χ1v) is 4.52. The van der Waals surface area contributed by atoms with E-state index in [4.69, 9.17) is 0 Å². The highest BCUT2D eigenvalue weighted by atomic mass is 16.1. The highest BCUT2D eigenvalue weighted by Gasteiger charge is 2.05. The maximum atomic E-state index is 11.3. The predicted molar refractivity (Wildman–Crippen MR) is 55.5 cm³/mol. The third kappa shape index (κ3) is 1.76. The largest absolute Gasteiger partial charge is 0.355 e. The second-order valence-corrected chi connectivity index (χ2v) is 3.13. The van der Waals surface area contributed by atoms with Gasteiger partial charge in [-0.15, -0.1) is 0 Å². The molecule has 76 valence electrons. The van der Waals surface area contributed by atoms with E-state index >= 15 is 0 Å². The molecular formula is C10H10N4O. The first-order valence-electron chi connectivity index (χ1n) is 4.52. The van der Waals surface area contributed by atoms with E-state index in [0.717, 1.165) is 5.39 Å². The topological polar surface area (TPSA) is 67.8 Å². The van der Waals surface area contributed by atoms with Gasteiger partial charge in [-0.25, -0.2) is 15.0 Å². The molecule has 0 fully saturated rings. The summed E-state index contributed by atoms with van der Waals surface area (Å²) in [6.45, 7) is 1.80. The smallest absolute Gasteiger partial charge is 0.252 e. The maximum absolute atomic E-state index is 11.3. The highest BCUT2D eigenvalue weighted by Crippen LogP contribution is 2.09. The van der Waals surface area contributed by atoms with Gasteiger partial charge in [0.2, 0.25) is 0 Å². The second kappa shape index (κ2) is 3.61. The zero-order valence-corrected chi connectivity index (χ0v) is 8.48. The monoisotopic (exact) mass is 202 g/mol. The molecule has 2 aromatic rings. The number of pyridine rings is 1. The predicted octanol–water partition coefficient (Wildman–Crippen LogP) is 0.693. The summed E-state index contributed by atoms with van der Waals surface area (Å²) >= 11 is 0. The summed E-state index contributed by atoms with van der Waals surface area (Å²) < 4.78 is 0. The molecule has 0 aliphatic carbocycles. The van der Waals surface area contributed by atoms with Crippen molar-refractivity contribution in [2.45, 2.75) is 6.92 Å². The Morgan fingerprint density at radius 2 is 2.13 bits per heavy atom. The standard InChI is InChI=1S/C10H10N4O/c1-6-12-4-7-3-8(10(15)11-2)5-13-9(7)14-6/h3-5H,1-2H3,(H,11,15). The van der Waals surface area contributed by atoms with E-state index in [1.54, 1.807) is 26.2 Å². The van der Waals surface area contributed by atoms with Crippen molar-refractivity contribution in [3.8, 4) is 0 Å². The first kappa shape index (κ1) is 9.51. The van der Waals surface area contributed by atoms with E-state index in [1.165, 1.54) is 6.20 Å². The lowest BCUT2D eigenvalue weighted by molar-refractivity contribution is 0.0963. The van der Waals surface area contributed by atoms with E-state index in [1.807, 2.05) is 0 Å². The van der Waals surface area contributed by atoms with Gasteiger partial charge >= 0.3 is 0 Å². The van der Waals surface area contributed by atoms with E-state index in [2.05, 4.69) is 20.3 Å². The van der Waals surface area contributed by atoms with Gasteiger partial charge in [-0.3, -0.25) is 4.79 Å².